The van der Waals surface area contributed by atoms with Crippen LogP contribution in [0.1, 0.15) is 21.7 Å². The average Bonchev–Trinajstić information content (AvgIpc) is 3.36. The van der Waals surface area contributed by atoms with Gasteiger partial charge in [0.05, 0.1) is 21.5 Å². The molecule has 4 aromatic rings. The van der Waals surface area contributed by atoms with Gasteiger partial charge in [0.15, 0.2) is 16.8 Å². The number of aryl methyl sites for hydroxylation is 1. The van der Waals surface area contributed by atoms with Gasteiger partial charge in [-0.1, -0.05) is 41.0 Å². The number of hydrogen-bond donors (Lipinski definition) is 0. The molecule has 0 N–H and O–H groups in total. The van der Waals surface area contributed by atoms with E-state index in [9.17, 15) is 4.79 Å². The van der Waals surface area contributed by atoms with Crippen LogP contribution in [-0.4, -0.2) is 35.9 Å². The Morgan fingerprint density at radius 1 is 1.15 bits per heavy atom. The van der Waals surface area contributed by atoms with E-state index in [2.05, 4.69) is 26.3 Å². The molecular formula is C24H21Cl2N5OS. The summed E-state index contributed by atoms with van der Waals surface area (Å²) in [6.45, 7) is 8.40. The fourth-order valence-electron chi connectivity index (χ4n) is 3.60. The second-order valence-corrected chi connectivity index (χ2v) is 9.13. The maximum absolute atomic E-state index is 13.1. The third-order valence-corrected chi connectivity index (χ3v) is 6.90. The van der Waals surface area contributed by atoms with E-state index in [1.54, 1.807) is 24.5 Å². The number of thioether (sulfide) groups is 1. The Balaban J connectivity index is 1.68. The van der Waals surface area contributed by atoms with E-state index in [4.69, 9.17) is 23.2 Å². The number of rotatable bonds is 8. The van der Waals surface area contributed by atoms with Crippen LogP contribution in [-0.2, 0) is 6.54 Å². The highest BCUT2D eigenvalue weighted by atomic mass is 35.5. The van der Waals surface area contributed by atoms with Crippen molar-refractivity contribution < 1.29 is 4.79 Å². The monoisotopic (exact) mass is 497 g/mol. The molecule has 3 heterocycles. The molecule has 0 atom stereocenters. The summed E-state index contributed by atoms with van der Waals surface area (Å²) in [4.78, 5) is 17.3. The molecule has 9 heteroatoms. The number of halogens is 2. The Morgan fingerprint density at radius 3 is 2.67 bits per heavy atom. The Kier molecular flexibility index (Phi) is 7.02. The lowest BCUT2D eigenvalue weighted by molar-refractivity contribution is 0.102. The molecule has 0 saturated carbocycles. The molecule has 168 valence electrons. The Bertz CT molecular complexity index is 1330. The van der Waals surface area contributed by atoms with Crippen molar-refractivity contribution in [3.05, 3.63) is 88.4 Å². The summed E-state index contributed by atoms with van der Waals surface area (Å²) >= 11 is 13.7. The van der Waals surface area contributed by atoms with Crippen molar-refractivity contribution in [2.24, 2.45) is 0 Å². The smallest absolute Gasteiger partial charge is 0.196 e. The van der Waals surface area contributed by atoms with E-state index in [1.165, 1.54) is 11.8 Å². The van der Waals surface area contributed by atoms with Crippen molar-refractivity contribution in [1.29, 1.82) is 0 Å². The Morgan fingerprint density at radius 2 is 1.97 bits per heavy atom. The lowest BCUT2D eigenvalue weighted by Crippen LogP contribution is -2.07. The predicted octanol–water partition coefficient (Wildman–Crippen LogP) is 6.22. The second-order valence-electron chi connectivity index (χ2n) is 7.38. The number of benzene rings is 1. The normalized spacial score (nSPS) is 11.0. The molecule has 0 spiro atoms. The number of hydrogen-bond acceptors (Lipinski definition) is 5. The first-order chi connectivity index (χ1) is 15.9. The summed E-state index contributed by atoms with van der Waals surface area (Å²) in [5.41, 5.74) is 4.20. The van der Waals surface area contributed by atoms with Crippen LogP contribution in [0.15, 0.2) is 66.6 Å². The summed E-state index contributed by atoms with van der Waals surface area (Å²) in [5, 5.41) is 10.2. The van der Waals surface area contributed by atoms with Crippen LogP contribution >= 0.6 is 35.0 Å². The number of pyridine rings is 1. The number of Topliss-reactive ketones (excluding diaryl/α,β-unsaturated/α-hetero) is 1. The van der Waals surface area contributed by atoms with Crippen molar-refractivity contribution in [2.75, 3.05) is 5.75 Å². The SMILES string of the molecule is C=CCn1c(C)cc(C(=O)CSc2nnc(-c3cccnc3)n2-c2ccc(Cl)c(Cl)c2)c1C. The third-order valence-electron chi connectivity index (χ3n) is 5.23. The minimum atomic E-state index is 0.0232. The Labute approximate surface area is 206 Å². The zero-order valence-corrected chi connectivity index (χ0v) is 20.5. The van der Waals surface area contributed by atoms with Crippen LogP contribution in [0.4, 0.5) is 0 Å². The predicted molar refractivity (Wildman–Crippen MR) is 134 cm³/mol. The number of allylic oxidation sites excluding steroid dienone is 1. The van der Waals surface area contributed by atoms with E-state index in [0.717, 1.165) is 22.6 Å². The quantitative estimate of drug-likeness (QED) is 0.164. The molecule has 0 aliphatic heterocycles. The lowest BCUT2D eigenvalue weighted by atomic mass is 10.2. The van der Waals surface area contributed by atoms with Gasteiger partial charge in [-0.15, -0.1) is 16.8 Å². The highest BCUT2D eigenvalue weighted by Crippen LogP contribution is 2.31. The molecule has 33 heavy (non-hydrogen) atoms. The molecule has 0 radical (unpaired) electrons. The van der Waals surface area contributed by atoms with E-state index >= 15 is 0 Å². The molecule has 0 fully saturated rings. The molecule has 6 nitrogen and oxygen atoms in total. The molecule has 0 aliphatic carbocycles. The standard InChI is InChI=1S/C24H21Cl2N5OS/c1-4-10-30-15(2)11-19(16(30)3)22(32)14-33-24-29-28-23(17-6-5-9-27-13-17)31(24)18-7-8-20(25)21(26)12-18/h4-9,11-13H,1,10,14H2,2-3H3. The van der Waals surface area contributed by atoms with Crippen LogP contribution in [0.25, 0.3) is 17.1 Å². The molecule has 0 aliphatic rings. The van der Waals surface area contributed by atoms with Crippen molar-refractivity contribution in [3.63, 3.8) is 0 Å². The third kappa shape index (κ3) is 4.76. The summed E-state index contributed by atoms with van der Waals surface area (Å²) in [6.07, 6.45) is 5.23. The van der Waals surface area contributed by atoms with Gasteiger partial charge in [0.2, 0.25) is 0 Å². The van der Waals surface area contributed by atoms with Crippen molar-refractivity contribution in [1.82, 2.24) is 24.3 Å². The second kappa shape index (κ2) is 9.95. The maximum atomic E-state index is 13.1. The van der Waals surface area contributed by atoms with Gasteiger partial charge in [0.25, 0.3) is 0 Å². The molecule has 3 aromatic heterocycles. The summed E-state index contributed by atoms with van der Waals surface area (Å²) in [7, 11) is 0. The van der Waals surface area contributed by atoms with Crippen molar-refractivity contribution >= 4 is 40.7 Å². The van der Waals surface area contributed by atoms with E-state index < -0.39 is 0 Å². The lowest BCUT2D eigenvalue weighted by Gasteiger charge is -2.11. The molecule has 0 amide bonds. The van der Waals surface area contributed by atoms with Gasteiger partial charge in [-0.25, -0.2) is 0 Å². The first kappa shape index (κ1) is 23.3. The van der Waals surface area contributed by atoms with Gasteiger partial charge in [-0.05, 0) is 50.2 Å². The van der Waals surface area contributed by atoms with Crippen LogP contribution in [0, 0.1) is 13.8 Å². The van der Waals surface area contributed by atoms with E-state index in [-0.39, 0.29) is 11.5 Å². The molecule has 0 bridgehead atoms. The zero-order chi connectivity index (χ0) is 23.5. The molecule has 4 rings (SSSR count). The van der Waals surface area contributed by atoms with Gasteiger partial charge < -0.3 is 4.57 Å². The highest BCUT2D eigenvalue weighted by molar-refractivity contribution is 7.99. The summed E-state index contributed by atoms with van der Waals surface area (Å²) < 4.78 is 3.93. The van der Waals surface area contributed by atoms with Crippen LogP contribution in [0.2, 0.25) is 10.0 Å². The van der Waals surface area contributed by atoms with Gasteiger partial charge >= 0.3 is 0 Å². The van der Waals surface area contributed by atoms with Crippen LogP contribution in [0.3, 0.4) is 0 Å². The summed E-state index contributed by atoms with van der Waals surface area (Å²) in [5.74, 6) is 0.834. The highest BCUT2D eigenvalue weighted by Gasteiger charge is 2.20. The topological polar surface area (TPSA) is 65.6 Å². The molecule has 0 saturated heterocycles. The minimum Gasteiger partial charge on any atom is -0.345 e. The largest absolute Gasteiger partial charge is 0.345 e. The minimum absolute atomic E-state index is 0.0232. The maximum Gasteiger partial charge on any atom is 0.196 e. The zero-order valence-electron chi connectivity index (χ0n) is 18.1. The van der Waals surface area contributed by atoms with Crippen molar-refractivity contribution in [2.45, 2.75) is 25.5 Å². The van der Waals surface area contributed by atoms with Gasteiger partial charge in [-0.3, -0.25) is 14.3 Å². The van der Waals surface area contributed by atoms with E-state index in [1.807, 2.05) is 48.8 Å². The number of aromatic nitrogens is 5. The van der Waals surface area contributed by atoms with Crippen LogP contribution in [0.5, 0.6) is 0 Å². The average molecular weight is 498 g/mol. The van der Waals surface area contributed by atoms with E-state index in [0.29, 0.717) is 33.1 Å². The van der Waals surface area contributed by atoms with Gasteiger partial charge in [-0.2, -0.15) is 0 Å². The fourth-order valence-corrected chi connectivity index (χ4v) is 4.73. The number of ketones is 1. The Hall–Kier alpha value is -2.87. The first-order valence-electron chi connectivity index (χ1n) is 10.2. The molecule has 0 unspecified atom stereocenters. The van der Waals surface area contributed by atoms with Gasteiger partial charge in [0.1, 0.15) is 0 Å². The van der Waals surface area contributed by atoms with Crippen molar-refractivity contribution in [3.8, 4) is 17.1 Å². The number of carbonyl (C=O) groups excluding carboxylic acids is 1. The molecule has 1 aromatic carbocycles. The fraction of sp³-hybridized carbons (Fsp3) is 0.167. The summed E-state index contributed by atoms with van der Waals surface area (Å²) in [6, 6.07) is 11.0. The van der Waals surface area contributed by atoms with Crippen LogP contribution < -0.4 is 0 Å². The number of carbonyl (C=O) groups is 1. The molecular weight excluding hydrogens is 477 g/mol. The first-order valence-corrected chi connectivity index (χ1v) is 11.9. The number of nitrogens with zero attached hydrogens (tertiary/aromatic N) is 5. The van der Waals surface area contributed by atoms with Gasteiger partial charge in [0, 0.05) is 41.5 Å².